The standard InChI is InChI=1S/C20H22N4O4S2/c1-13-7-8-15(11-14(13)2)19-22-23-20(28-19)21-18(25)16-5-3-9-24(12-16)30(26,27)17-6-4-10-29-17/h4,6-8,10-11,16H,3,5,9,12H2,1-2H3,(H,21,23,25). The van der Waals surface area contributed by atoms with Crippen LogP contribution < -0.4 is 5.32 Å². The maximum Gasteiger partial charge on any atom is 0.322 e. The Balaban J connectivity index is 1.44. The van der Waals surface area contributed by atoms with Gasteiger partial charge in [0.25, 0.3) is 10.0 Å². The first kappa shape index (κ1) is 20.7. The number of sulfonamides is 1. The molecule has 10 heteroatoms. The number of hydrogen-bond acceptors (Lipinski definition) is 7. The molecule has 1 aliphatic heterocycles. The van der Waals surface area contributed by atoms with Crippen LogP contribution in [0.15, 0.2) is 44.3 Å². The van der Waals surface area contributed by atoms with Crippen molar-refractivity contribution >= 4 is 33.3 Å². The lowest BCUT2D eigenvalue weighted by Gasteiger charge is -2.30. The fourth-order valence-corrected chi connectivity index (χ4v) is 6.05. The molecule has 1 aliphatic rings. The maximum atomic E-state index is 12.8. The second-order valence-corrected chi connectivity index (χ2v) is 10.4. The van der Waals surface area contributed by atoms with Crippen molar-refractivity contribution in [3.05, 3.63) is 46.8 Å². The minimum absolute atomic E-state index is 0.00599. The Labute approximate surface area is 179 Å². The minimum Gasteiger partial charge on any atom is -0.403 e. The molecule has 3 aromatic rings. The Hall–Kier alpha value is -2.56. The number of nitrogens with zero attached hydrogens (tertiary/aromatic N) is 3. The minimum atomic E-state index is -3.58. The fourth-order valence-electron chi connectivity index (χ4n) is 3.38. The molecule has 0 bridgehead atoms. The van der Waals surface area contributed by atoms with E-state index < -0.39 is 15.9 Å². The molecule has 8 nitrogen and oxygen atoms in total. The lowest BCUT2D eigenvalue weighted by Crippen LogP contribution is -2.43. The zero-order chi connectivity index (χ0) is 21.3. The van der Waals surface area contributed by atoms with E-state index in [1.54, 1.807) is 17.5 Å². The SMILES string of the molecule is Cc1ccc(-c2nnc(NC(=O)C3CCCN(S(=O)(=O)c4cccs4)C3)o2)cc1C. The highest BCUT2D eigenvalue weighted by Gasteiger charge is 2.34. The zero-order valence-corrected chi connectivity index (χ0v) is 18.3. The summed E-state index contributed by atoms with van der Waals surface area (Å²) in [5.41, 5.74) is 3.04. The fraction of sp³-hybridized carbons (Fsp3) is 0.350. The average Bonchev–Trinajstić information content (AvgIpc) is 3.43. The van der Waals surface area contributed by atoms with Crippen molar-refractivity contribution in [1.29, 1.82) is 0 Å². The highest BCUT2D eigenvalue weighted by Crippen LogP contribution is 2.27. The summed E-state index contributed by atoms with van der Waals surface area (Å²) in [5, 5.41) is 12.3. The van der Waals surface area contributed by atoms with Gasteiger partial charge in [-0.15, -0.1) is 16.4 Å². The highest BCUT2D eigenvalue weighted by atomic mass is 32.2. The molecule has 0 saturated carbocycles. The van der Waals surface area contributed by atoms with Gasteiger partial charge in [-0.3, -0.25) is 10.1 Å². The molecule has 0 radical (unpaired) electrons. The second kappa shape index (κ2) is 8.29. The van der Waals surface area contributed by atoms with E-state index in [2.05, 4.69) is 15.5 Å². The number of anilines is 1. The van der Waals surface area contributed by atoms with Gasteiger partial charge in [-0.05, 0) is 61.4 Å². The van der Waals surface area contributed by atoms with Gasteiger partial charge in [-0.25, -0.2) is 8.42 Å². The molecule has 1 atom stereocenters. The molecular formula is C20H22N4O4S2. The summed E-state index contributed by atoms with van der Waals surface area (Å²) in [5.74, 6) is -0.485. The van der Waals surface area contributed by atoms with E-state index in [4.69, 9.17) is 4.42 Å². The van der Waals surface area contributed by atoms with Crippen molar-refractivity contribution in [3.63, 3.8) is 0 Å². The maximum absolute atomic E-state index is 12.8. The van der Waals surface area contributed by atoms with Crippen molar-refractivity contribution in [2.45, 2.75) is 30.9 Å². The number of thiophene rings is 1. The number of amides is 1. The van der Waals surface area contributed by atoms with E-state index >= 15 is 0 Å². The number of benzene rings is 1. The number of nitrogens with one attached hydrogen (secondary N) is 1. The van der Waals surface area contributed by atoms with E-state index in [0.29, 0.717) is 29.5 Å². The van der Waals surface area contributed by atoms with Gasteiger partial charge in [-0.1, -0.05) is 17.2 Å². The quantitative estimate of drug-likeness (QED) is 0.643. The summed E-state index contributed by atoms with van der Waals surface area (Å²) in [6, 6.07) is 9.09. The monoisotopic (exact) mass is 446 g/mol. The molecule has 1 saturated heterocycles. The number of aryl methyl sites for hydroxylation is 2. The number of carbonyl (C=O) groups excluding carboxylic acids is 1. The number of carbonyl (C=O) groups is 1. The summed E-state index contributed by atoms with van der Waals surface area (Å²) in [4.78, 5) is 12.7. The third-order valence-corrected chi connectivity index (χ3v) is 8.49. The van der Waals surface area contributed by atoms with E-state index in [1.807, 2.05) is 32.0 Å². The molecule has 1 aromatic carbocycles. The number of rotatable bonds is 5. The summed E-state index contributed by atoms with van der Waals surface area (Å²) in [6.07, 6.45) is 1.21. The van der Waals surface area contributed by atoms with Crippen LogP contribution in [0.2, 0.25) is 0 Å². The van der Waals surface area contributed by atoms with Crippen LogP contribution in [-0.4, -0.2) is 41.9 Å². The zero-order valence-electron chi connectivity index (χ0n) is 16.7. The number of hydrogen-bond donors (Lipinski definition) is 1. The van der Waals surface area contributed by atoms with Crippen LogP contribution >= 0.6 is 11.3 Å². The molecule has 4 rings (SSSR count). The summed E-state index contributed by atoms with van der Waals surface area (Å²) in [7, 11) is -3.58. The van der Waals surface area contributed by atoms with Gasteiger partial charge in [0.05, 0.1) is 5.92 Å². The molecule has 1 unspecified atom stereocenters. The molecule has 158 valence electrons. The first-order valence-corrected chi connectivity index (χ1v) is 11.9. The van der Waals surface area contributed by atoms with E-state index in [1.165, 1.54) is 15.6 Å². The van der Waals surface area contributed by atoms with Gasteiger partial charge in [0.2, 0.25) is 11.8 Å². The van der Waals surface area contributed by atoms with Crippen LogP contribution in [0.1, 0.15) is 24.0 Å². The average molecular weight is 447 g/mol. The van der Waals surface area contributed by atoms with Crippen molar-refractivity contribution in [2.75, 3.05) is 18.4 Å². The van der Waals surface area contributed by atoms with Crippen LogP contribution in [0.5, 0.6) is 0 Å². The summed E-state index contributed by atoms with van der Waals surface area (Å²) in [6.45, 7) is 4.55. The molecule has 0 aliphatic carbocycles. The van der Waals surface area contributed by atoms with Crippen LogP contribution in [0.4, 0.5) is 6.01 Å². The third-order valence-electron chi connectivity index (χ3n) is 5.25. The second-order valence-electron chi connectivity index (χ2n) is 7.33. The Kier molecular flexibility index (Phi) is 5.72. The van der Waals surface area contributed by atoms with Crippen LogP contribution in [-0.2, 0) is 14.8 Å². The van der Waals surface area contributed by atoms with E-state index in [-0.39, 0.29) is 18.5 Å². The first-order chi connectivity index (χ1) is 14.3. The topological polar surface area (TPSA) is 105 Å². The highest BCUT2D eigenvalue weighted by molar-refractivity contribution is 7.91. The van der Waals surface area contributed by atoms with Crippen LogP contribution in [0, 0.1) is 19.8 Å². The Bertz CT molecular complexity index is 1160. The number of aromatic nitrogens is 2. The lowest BCUT2D eigenvalue weighted by molar-refractivity contribution is -0.121. The predicted octanol–water partition coefficient (Wildman–Crippen LogP) is 3.45. The molecule has 2 aromatic heterocycles. The Morgan fingerprint density at radius 3 is 2.80 bits per heavy atom. The van der Waals surface area contributed by atoms with Gasteiger partial charge in [0.15, 0.2) is 0 Å². The summed E-state index contributed by atoms with van der Waals surface area (Å²) >= 11 is 1.17. The molecule has 30 heavy (non-hydrogen) atoms. The summed E-state index contributed by atoms with van der Waals surface area (Å²) < 4.78 is 32.8. The van der Waals surface area contributed by atoms with Crippen LogP contribution in [0.3, 0.4) is 0 Å². The largest absolute Gasteiger partial charge is 0.403 e. The van der Waals surface area contributed by atoms with Crippen molar-refractivity contribution in [1.82, 2.24) is 14.5 Å². The molecule has 1 N–H and O–H groups in total. The molecular weight excluding hydrogens is 424 g/mol. The van der Waals surface area contributed by atoms with Gasteiger partial charge >= 0.3 is 6.01 Å². The van der Waals surface area contributed by atoms with Gasteiger partial charge in [0.1, 0.15) is 4.21 Å². The predicted molar refractivity (Wildman–Crippen MR) is 114 cm³/mol. The van der Waals surface area contributed by atoms with Gasteiger partial charge in [-0.2, -0.15) is 4.31 Å². The number of piperidine rings is 1. The van der Waals surface area contributed by atoms with Gasteiger partial charge in [0, 0.05) is 18.7 Å². The Morgan fingerprint density at radius 1 is 1.23 bits per heavy atom. The normalized spacial score (nSPS) is 17.7. The first-order valence-electron chi connectivity index (χ1n) is 9.60. The van der Waals surface area contributed by atoms with Crippen molar-refractivity contribution < 1.29 is 17.6 Å². The van der Waals surface area contributed by atoms with Gasteiger partial charge < -0.3 is 4.42 Å². The Morgan fingerprint density at radius 2 is 2.07 bits per heavy atom. The molecule has 0 spiro atoms. The lowest BCUT2D eigenvalue weighted by atomic mass is 9.99. The van der Waals surface area contributed by atoms with Crippen molar-refractivity contribution in [2.24, 2.45) is 5.92 Å². The van der Waals surface area contributed by atoms with E-state index in [9.17, 15) is 13.2 Å². The molecule has 3 heterocycles. The van der Waals surface area contributed by atoms with Crippen molar-refractivity contribution in [3.8, 4) is 11.5 Å². The smallest absolute Gasteiger partial charge is 0.322 e. The third kappa shape index (κ3) is 4.16. The van der Waals surface area contributed by atoms with E-state index in [0.717, 1.165) is 16.7 Å². The molecule has 1 fully saturated rings. The molecule has 1 amide bonds. The van der Waals surface area contributed by atoms with Crippen LogP contribution in [0.25, 0.3) is 11.5 Å².